The van der Waals surface area contributed by atoms with Crippen LogP contribution in [-0.2, 0) is 17.2 Å². The van der Waals surface area contributed by atoms with Crippen LogP contribution in [-0.4, -0.2) is 32.8 Å². The van der Waals surface area contributed by atoms with E-state index in [1.165, 1.54) is 16.4 Å². The van der Waals surface area contributed by atoms with Crippen molar-refractivity contribution in [2.75, 3.05) is 13.1 Å². The summed E-state index contributed by atoms with van der Waals surface area (Å²) < 4.78 is 51.1. The van der Waals surface area contributed by atoms with E-state index in [2.05, 4.69) is 0 Å². The van der Waals surface area contributed by atoms with Gasteiger partial charge in [-0.05, 0) is 24.6 Å². The fraction of sp³-hybridized carbons (Fsp3) is 0.455. The smallest absolute Gasteiger partial charge is 0.392 e. The van der Waals surface area contributed by atoms with E-state index in [1.54, 1.807) is 0 Å². The Morgan fingerprint density at radius 2 is 2.11 bits per heavy atom. The first-order valence-electron chi connectivity index (χ1n) is 5.40. The fourth-order valence-electron chi connectivity index (χ4n) is 1.79. The van der Waals surface area contributed by atoms with Gasteiger partial charge < -0.3 is 5.11 Å². The minimum atomic E-state index is -4.44. The van der Waals surface area contributed by atoms with Gasteiger partial charge in [-0.2, -0.15) is 13.2 Å². The molecule has 0 bridgehead atoms. The molecule has 1 aliphatic heterocycles. The number of rotatable bonds is 2. The standard InChI is InChI=1S/C11H12F3NO2S/c12-11(13,14)8-2-1-3-10(6-8)18(17)15-5-4-9(16)7-15/h1-3,6,9,16H,4-5,7H2/t9-,18?/m0/s1. The molecule has 0 amide bonds. The van der Waals surface area contributed by atoms with Crippen molar-refractivity contribution in [1.82, 2.24) is 4.31 Å². The molecule has 0 saturated carbocycles. The van der Waals surface area contributed by atoms with Crippen molar-refractivity contribution in [1.29, 1.82) is 0 Å². The van der Waals surface area contributed by atoms with Crippen LogP contribution in [0.5, 0.6) is 0 Å². The second-order valence-corrected chi connectivity index (χ2v) is 5.59. The molecular weight excluding hydrogens is 267 g/mol. The Hall–Kier alpha value is -0.920. The molecule has 0 aliphatic carbocycles. The summed E-state index contributed by atoms with van der Waals surface area (Å²) in [5.41, 5.74) is -0.812. The molecule has 1 fully saturated rings. The normalized spacial score (nSPS) is 23.2. The molecule has 2 atom stereocenters. The summed E-state index contributed by atoms with van der Waals surface area (Å²) >= 11 is 0. The van der Waals surface area contributed by atoms with E-state index in [0.717, 1.165) is 12.1 Å². The quantitative estimate of drug-likeness (QED) is 0.896. The summed E-state index contributed by atoms with van der Waals surface area (Å²) in [6.45, 7) is 0.646. The number of benzene rings is 1. The summed E-state index contributed by atoms with van der Waals surface area (Å²) in [5, 5.41) is 9.32. The minimum Gasteiger partial charge on any atom is -0.392 e. The van der Waals surface area contributed by atoms with Gasteiger partial charge in [0, 0.05) is 13.1 Å². The molecule has 100 valence electrons. The van der Waals surface area contributed by atoms with E-state index in [-0.39, 0.29) is 11.4 Å². The predicted molar refractivity (Wildman–Crippen MR) is 60.0 cm³/mol. The maximum atomic E-state index is 12.5. The van der Waals surface area contributed by atoms with Gasteiger partial charge in [0.15, 0.2) is 0 Å². The van der Waals surface area contributed by atoms with E-state index in [4.69, 9.17) is 0 Å². The lowest BCUT2D eigenvalue weighted by Crippen LogP contribution is -2.24. The molecular formula is C11H12F3NO2S. The van der Waals surface area contributed by atoms with E-state index in [1.807, 2.05) is 0 Å². The number of halogens is 3. The molecule has 3 nitrogen and oxygen atoms in total. The minimum absolute atomic E-state index is 0.110. The van der Waals surface area contributed by atoms with Crippen molar-refractivity contribution in [2.45, 2.75) is 23.6 Å². The summed E-state index contributed by atoms with van der Waals surface area (Å²) in [5.74, 6) is 0. The maximum absolute atomic E-state index is 12.5. The maximum Gasteiger partial charge on any atom is 0.416 e. The predicted octanol–water partition coefficient (Wildman–Crippen LogP) is 1.79. The van der Waals surface area contributed by atoms with Crippen molar-refractivity contribution in [2.24, 2.45) is 0 Å². The van der Waals surface area contributed by atoms with Gasteiger partial charge in [0.2, 0.25) is 0 Å². The highest BCUT2D eigenvalue weighted by molar-refractivity contribution is 7.82. The van der Waals surface area contributed by atoms with Gasteiger partial charge in [0.25, 0.3) is 0 Å². The number of hydrogen-bond donors (Lipinski definition) is 1. The second kappa shape index (κ2) is 4.99. The molecule has 0 spiro atoms. The lowest BCUT2D eigenvalue weighted by molar-refractivity contribution is -0.137. The fourth-order valence-corrected chi connectivity index (χ4v) is 3.09. The van der Waals surface area contributed by atoms with Crippen LogP contribution in [0.3, 0.4) is 0 Å². The van der Waals surface area contributed by atoms with Crippen LogP contribution in [0.4, 0.5) is 13.2 Å². The lowest BCUT2D eigenvalue weighted by atomic mass is 10.2. The monoisotopic (exact) mass is 279 g/mol. The molecule has 1 aliphatic rings. The molecule has 18 heavy (non-hydrogen) atoms. The molecule has 2 rings (SSSR count). The number of nitrogens with zero attached hydrogens (tertiary/aromatic N) is 1. The van der Waals surface area contributed by atoms with Crippen molar-refractivity contribution in [3.8, 4) is 0 Å². The second-order valence-electron chi connectivity index (χ2n) is 4.11. The van der Waals surface area contributed by atoms with Crippen LogP contribution in [0.15, 0.2) is 29.2 Å². The zero-order valence-electron chi connectivity index (χ0n) is 9.35. The van der Waals surface area contributed by atoms with Gasteiger partial charge >= 0.3 is 6.18 Å². The Morgan fingerprint density at radius 3 is 2.67 bits per heavy atom. The first kappa shape index (κ1) is 13.5. The third kappa shape index (κ3) is 2.90. The van der Waals surface area contributed by atoms with Crippen LogP contribution in [0.2, 0.25) is 0 Å². The van der Waals surface area contributed by atoms with Gasteiger partial charge in [-0.25, -0.2) is 8.51 Å². The van der Waals surface area contributed by atoms with E-state index in [9.17, 15) is 22.5 Å². The van der Waals surface area contributed by atoms with Gasteiger partial charge in [0.1, 0.15) is 11.0 Å². The number of hydrogen-bond acceptors (Lipinski definition) is 2. The van der Waals surface area contributed by atoms with Crippen molar-refractivity contribution >= 4 is 11.0 Å². The average Bonchev–Trinajstić information content (AvgIpc) is 2.74. The van der Waals surface area contributed by atoms with Crippen molar-refractivity contribution in [3.63, 3.8) is 0 Å². The number of aliphatic hydroxyl groups excluding tert-OH is 1. The SMILES string of the molecule is O=S(c1cccc(C(F)(F)F)c1)N1CC[C@H](O)C1. The first-order chi connectivity index (χ1) is 8.38. The lowest BCUT2D eigenvalue weighted by Gasteiger charge is -2.15. The molecule has 0 aromatic heterocycles. The van der Waals surface area contributed by atoms with Crippen LogP contribution in [0, 0.1) is 0 Å². The molecule has 1 aromatic rings. The summed E-state index contributed by atoms with van der Waals surface area (Å²) in [4.78, 5) is 0.110. The number of alkyl halides is 3. The van der Waals surface area contributed by atoms with E-state index in [0.29, 0.717) is 13.0 Å². The first-order valence-corrected chi connectivity index (χ1v) is 6.51. The van der Waals surface area contributed by atoms with Crippen molar-refractivity contribution in [3.05, 3.63) is 29.8 Å². The molecule has 0 radical (unpaired) electrons. The molecule has 1 unspecified atom stereocenters. The summed E-state index contributed by atoms with van der Waals surface area (Å²) in [7, 11) is -1.65. The van der Waals surface area contributed by atoms with E-state index >= 15 is 0 Å². The van der Waals surface area contributed by atoms with Crippen LogP contribution < -0.4 is 0 Å². The Labute approximate surface area is 105 Å². The molecule has 1 saturated heterocycles. The average molecular weight is 279 g/mol. The highest BCUT2D eigenvalue weighted by Crippen LogP contribution is 2.30. The highest BCUT2D eigenvalue weighted by atomic mass is 32.2. The third-order valence-electron chi connectivity index (χ3n) is 2.72. The number of β-amino-alcohol motifs (C(OH)–C–C–N with tert-alkyl or cyclic N) is 1. The van der Waals surface area contributed by atoms with Crippen LogP contribution in [0.1, 0.15) is 12.0 Å². The summed E-state index contributed by atoms with van der Waals surface area (Å²) in [6, 6.07) is 4.47. The molecule has 1 aromatic carbocycles. The van der Waals surface area contributed by atoms with Gasteiger partial charge in [-0.3, -0.25) is 0 Å². The topological polar surface area (TPSA) is 40.5 Å². The third-order valence-corrected chi connectivity index (χ3v) is 4.18. The zero-order chi connectivity index (χ0) is 13.3. The summed E-state index contributed by atoms with van der Waals surface area (Å²) in [6.07, 6.45) is -4.50. The Morgan fingerprint density at radius 1 is 1.39 bits per heavy atom. The Bertz CT molecular complexity index is 464. The van der Waals surface area contributed by atoms with Gasteiger partial charge in [-0.1, -0.05) is 6.07 Å². The zero-order valence-corrected chi connectivity index (χ0v) is 10.2. The molecule has 7 heteroatoms. The van der Waals surface area contributed by atoms with Gasteiger partial charge in [-0.15, -0.1) is 0 Å². The largest absolute Gasteiger partial charge is 0.416 e. The van der Waals surface area contributed by atoms with Crippen molar-refractivity contribution < 1.29 is 22.5 Å². The Balaban J connectivity index is 2.21. The highest BCUT2D eigenvalue weighted by Gasteiger charge is 2.32. The molecule has 1 N–H and O–H groups in total. The van der Waals surface area contributed by atoms with Gasteiger partial charge in [0.05, 0.1) is 16.6 Å². The Kier molecular flexibility index (Phi) is 3.74. The van der Waals surface area contributed by atoms with Crippen LogP contribution >= 0.6 is 0 Å². The van der Waals surface area contributed by atoms with E-state index < -0.39 is 28.8 Å². The number of aliphatic hydroxyl groups is 1. The molecule has 1 heterocycles. The van der Waals surface area contributed by atoms with Crippen LogP contribution in [0.25, 0.3) is 0 Å².